The second kappa shape index (κ2) is 5.48. The third-order valence-corrected chi connectivity index (χ3v) is 4.05. The summed E-state index contributed by atoms with van der Waals surface area (Å²) >= 11 is 0. The summed E-state index contributed by atoms with van der Waals surface area (Å²) < 4.78 is 11.0. The molecule has 94 valence electrons. The third-order valence-electron chi connectivity index (χ3n) is 4.05. The fourth-order valence-electron chi connectivity index (χ4n) is 2.47. The van der Waals surface area contributed by atoms with Gasteiger partial charge in [-0.05, 0) is 44.9 Å². The molecule has 1 saturated heterocycles. The van der Waals surface area contributed by atoms with Crippen LogP contribution in [0.2, 0.25) is 0 Å². The molecule has 2 fully saturated rings. The predicted octanol–water partition coefficient (Wildman–Crippen LogP) is 1.96. The molecule has 0 bridgehead atoms. The zero-order valence-electron chi connectivity index (χ0n) is 10.6. The largest absolute Gasteiger partial charge is 0.382 e. The molecule has 16 heavy (non-hydrogen) atoms. The molecule has 1 heterocycles. The quantitative estimate of drug-likeness (QED) is 0.674. The van der Waals surface area contributed by atoms with Crippen LogP contribution >= 0.6 is 0 Å². The summed E-state index contributed by atoms with van der Waals surface area (Å²) in [5.74, 6) is 0. The van der Waals surface area contributed by atoms with Crippen LogP contribution in [0.15, 0.2) is 0 Å². The van der Waals surface area contributed by atoms with E-state index in [9.17, 15) is 0 Å². The van der Waals surface area contributed by atoms with Crippen molar-refractivity contribution in [1.29, 1.82) is 0 Å². The summed E-state index contributed by atoms with van der Waals surface area (Å²) in [7, 11) is 0. The van der Waals surface area contributed by atoms with Gasteiger partial charge in [0.2, 0.25) is 0 Å². The molecule has 0 aromatic carbocycles. The lowest BCUT2D eigenvalue weighted by Crippen LogP contribution is -2.38. The molecule has 0 radical (unpaired) electrons. The summed E-state index contributed by atoms with van der Waals surface area (Å²) in [6.45, 7) is 8.08. The lowest BCUT2D eigenvalue weighted by molar-refractivity contribution is 0.108. The molecule has 2 aliphatic rings. The van der Waals surface area contributed by atoms with Crippen molar-refractivity contribution in [3.63, 3.8) is 0 Å². The summed E-state index contributed by atoms with van der Waals surface area (Å²) in [5.41, 5.74) is 0.553. The van der Waals surface area contributed by atoms with Crippen molar-refractivity contribution in [2.75, 3.05) is 26.4 Å². The second-order valence-electron chi connectivity index (χ2n) is 5.30. The van der Waals surface area contributed by atoms with Gasteiger partial charge in [0.1, 0.15) is 0 Å². The van der Waals surface area contributed by atoms with Gasteiger partial charge in [-0.15, -0.1) is 0 Å². The molecule has 3 heteroatoms. The van der Waals surface area contributed by atoms with E-state index in [1.54, 1.807) is 0 Å². The first kappa shape index (κ1) is 12.3. The van der Waals surface area contributed by atoms with Gasteiger partial charge in [0.15, 0.2) is 0 Å². The van der Waals surface area contributed by atoms with E-state index in [1.165, 1.54) is 25.7 Å². The Balaban J connectivity index is 1.64. The van der Waals surface area contributed by atoms with Crippen LogP contribution in [0.4, 0.5) is 0 Å². The van der Waals surface area contributed by atoms with E-state index in [2.05, 4.69) is 19.2 Å². The highest BCUT2D eigenvalue weighted by Gasteiger charge is 2.42. The molecule has 1 N–H and O–H groups in total. The Morgan fingerprint density at radius 2 is 2.25 bits per heavy atom. The van der Waals surface area contributed by atoms with Crippen LogP contribution in [0.1, 0.15) is 39.5 Å². The molecule has 0 aromatic heterocycles. The fourth-order valence-corrected chi connectivity index (χ4v) is 2.47. The van der Waals surface area contributed by atoms with Crippen molar-refractivity contribution in [2.24, 2.45) is 5.41 Å². The molecule has 2 rings (SSSR count). The summed E-state index contributed by atoms with van der Waals surface area (Å²) in [6.07, 6.45) is 5.52. The number of nitrogens with one attached hydrogen (secondary N) is 1. The maximum Gasteiger partial charge on any atom is 0.0700 e. The second-order valence-corrected chi connectivity index (χ2v) is 5.30. The summed E-state index contributed by atoms with van der Waals surface area (Å²) in [6, 6.07) is 0.574. The number of hydrogen-bond donors (Lipinski definition) is 1. The van der Waals surface area contributed by atoms with E-state index in [-0.39, 0.29) is 0 Å². The predicted molar refractivity (Wildman–Crippen MR) is 64.6 cm³/mol. The van der Waals surface area contributed by atoms with Gasteiger partial charge in [-0.2, -0.15) is 0 Å². The normalized spacial score (nSPS) is 31.9. The molecular weight excluding hydrogens is 202 g/mol. The third kappa shape index (κ3) is 3.19. The molecule has 1 aliphatic heterocycles. The molecule has 3 nitrogen and oxygen atoms in total. The topological polar surface area (TPSA) is 30.5 Å². The Hall–Kier alpha value is -0.120. The van der Waals surface area contributed by atoms with Crippen molar-refractivity contribution in [1.82, 2.24) is 5.32 Å². The molecular formula is C13H25NO2. The van der Waals surface area contributed by atoms with E-state index >= 15 is 0 Å². The Morgan fingerprint density at radius 3 is 2.81 bits per heavy atom. The van der Waals surface area contributed by atoms with Crippen LogP contribution in [0.5, 0.6) is 0 Å². The van der Waals surface area contributed by atoms with Gasteiger partial charge < -0.3 is 14.8 Å². The minimum Gasteiger partial charge on any atom is -0.382 e. The minimum atomic E-state index is 0.391. The Labute approximate surface area is 98.9 Å². The van der Waals surface area contributed by atoms with Gasteiger partial charge in [-0.1, -0.05) is 0 Å². The standard InChI is InChI=1S/C13H25NO2/c1-3-15-9-7-13(5-6-13)10-14-12-4-8-16-11(12)2/h11-12,14H,3-10H2,1-2H3. The zero-order chi connectivity index (χ0) is 11.4. The van der Waals surface area contributed by atoms with Crippen LogP contribution in [0.25, 0.3) is 0 Å². The van der Waals surface area contributed by atoms with E-state index in [1.807, 2.05) is 0 Å². The number of ether oxygens (including phenoxy) is 2. The molecule has 2 unspecified atom stereocenters. The molecule has 0 amide bonds. The smallest absolute Gasteiger partial charge is 0.0700 e. The van der Waals surface area contributed by atoms with Crippen molar-refractivity contribution in [2.45, 2.75) is 51.7 Å². The van der Waals surface area contributed by atoms with Gasteiger partial charge in [0.05, 0.1) is 6.10 Å². The average molecular weight is 227 g/mol. The molecule has 2 atom stereocenters. The van der Waals surface area contributed by atoms with Crippen LogP contribution < -0.4 is 5.32 Å². The van der Waals surface area contributed by atoms with Gasteiger partial charge in [-0.3, -0.25) is 0 Å². The fraction of sp³-hybridized carbons (Fsp3) is 1.00. The maximum atomic E-state index is 5.56. The molecule has 1 aliphatic carbocycles. The van der Waals surface area contributed by atoms with Crippen LogP contribution in [0, 0.1) is 5.41 Å². The SMILES string of the molecule is CCOCCC1(CNC2CCOC2C)CC1. The summed E-state index contributed by atoms with van der Waals surface area (Å²) in [4.78, 5) is 0. The highest BCUT2D eigenvalue weighted by atomic mass is 16.5. The number of rotatable bonds is 7. The van der Waals surface area contributed by atoms with Gasteiger partial charge in [-0.25, -0.2) is 0 Å². The van der Waals surface area contributed by atoms with Gasteiger partial charge in [0, 0.05) is 32.4 Å². The zero-order valence-corrected chi connectivity index (χ0v) is 10.6. The lowest BCUT2D eigenvalue weighted by Gasteiger charge is -2.21. The van der Waals surface area contributed by atoms with Crippen LogP contribution in [0.3, 0.4) is 0 Å². The highest BCUT2D eigenvalue weighted by molar-refractivity contribution is 4.96. The molecule has 0 spiro atoms. The monoisotopic (exact) mass is 227 g/mol. The Kier molecular flexibility index (Phi) is 4.22. The van der Waals surface area contributed by atoms with E-state index in [0.29, 0.717) is 17.6 Å². The highest BCUT2D eigenvalue weighted by Crippen LogP contribution is 2.48. The Morgan fingerprint density at radius 1 is 1.44 bits per heavy atom. The average Bonchev–Trinajstić information content (AvgIpc) is 2.93. The van der Waals surface area contributed by atoms with Crippen molar-refractivity contribution < 1.29 is 9.47 Å². The van der Waals surface area contributed by atoms with Gasteiger partial charge in [0.25, 0.3) is 0 Å². The first-order chi connectivity index (χ1) is 7.76. The first-order valence-corrected chi connectivity index (χ1v) is 6.68. The van der Waals surface area contributed by atoms with Crippen LogP contribution in [-0.2, 0) is 9.47 Å². The maximum absolute atomic E-state index is 5.56. The number of hydrogen-bond acceptors (Lipinski definition) is 3. The minimum absolute atomic E-state index is 0.391. The van der Waals surface area contributed by atoms with Crippen molar-refractivity contribution in [3.05, 3.63) is 0 Å². The van der Waals surface area contributed by atoms with Crippen molar-refractivity contribution >= 4 is 0 Å². The van der Waals surface area contributed by atoms with E-state index < -0.39 is 0 Å². The van der Waals surface area contributed by atoms with Crippen molar-refractivity contribution in [3.8, 4) is 0 Å². The molecule has 0 aromatic rings. The van der Waals surface area contributed by atoms with Gasteiger partial charge >= 0.3 is 0 Å². The molecule has 1 saturated carbocycles. The summed E-state index contributed by atoms with van der Waals surface area (Å²) in [5, 5.41) is 3.68. The lowest BCUT2D eigenvalue weighted by atomic mass is 10.0. The van der Waals surface area contributed by atoms with Crippen LogP contribution in [-0.4, -0.2) is 38.5 Å². The first-order valence-electron chi connectivity index (χ1n) is 6.68. The van der Waals surface area contributed by atoms with E-state index in [4.69, 9.17) is 9.47 Å². The van der Waals surface area contributed by atoms with E-state index in [0.717, 1.165) is 26.4 Å². The Bertz CT molecular complexity index is 216.